The monoisotopic (exact) mass is 414 g/mol. The van der Waals surface area contributed by atoms with Gasteiger partial charge >= 0.3 is 11.9 Å². The third-order valence-electron chi connectivity index (χ3n) is 7.40. The topological polar surface area (TPSA) is 52.6 Å². The Bertz CT molecular complexity index is 679. The van der Waals surface area contributed by atoms with Crippen LogP contribution in [-0.2, 0) is 9.59 Å². The first-order valence-electron chi connectivity index (χ1n) is 11.9. The third-order valence-corrected chi connectivity index (χ3v) is 7.40. The van der Waals surface area contributed by atoms with Gasteiger partial charge in [-0.25, -0.2) is 0 Å². The number of ether oxygens (including phenoxy) is 2. The number of carbonyl (C=O) groups is 2. The van der Waals surface area contributed by atoms with Crippen molar-refractivity contribution >= 4 is 11.9 Å². The molecule has 2 aliphatic carbocycles. The van der Waals surface area contributed by atoms with E-state index in [1.807, 2.05) is 0 Å². The van der Waals surface area contributed by atoms with E-state index in [0.29, 0.717) is 11.5 Å². The van der Waals surface area contributed by atoms with Crippen LogP contribution in [-0.4, -0.2) is 11.9 Å². The minimum absolute atomic E-state index is 0.0103. The zero-order chi connectivity index (χ0) is 21.5. The van der Waals surface area contributed by atoms with Crippen LogP contribution in [0.3, 0.4) is 0 Å². The average Bonchev–Trinajstić information content (AvgIpc) is 2.75. The van der Waals surface area contributed by atoms with Gasteiger partial charge < -0.3 is 9.47 Å². The number of hydrogen-bond acceptors (Lipinski definition) is 4. The van der Waals surface area contributed by atoms with Crippen molar-refractivity contribution in [3.63, 3.8) is 0 Å². The van der Waals surface area contributed by atoms with Crippen molar-refractivity contribution in [2.45, 2.75) is 85.0 Å². The largest absolute Gasteiger partial charge is 0.427 e. The molecule has 2 fully saturated rings. The first kappa shape index (κ1) is 22.8. The van der Waals surface area contributed by atoms with Gasteiger partial charge in [-0.2, -0.15) is 0 Å². The molecule has 1 unspecified atom stereocenters. The summed E-state index contributed by atoms with van der Waals surface area (Å²) < 4.78 is 10.6. The van der Waals surface area contributed by atoms with E-state index in [-0.39, 0.29) is 17.9 Å². The third kappa shape index (κ3) is 6.58. The molecule has 166 valence electrons. The van der Waals surface area contributed by atoms with E-state index >= 15 is 0 Å². The molecule has 0 radical (unpaired) electrons. The van der Waals surface area contributed by atoms with Gasteiger partial charge in [-0.15, -0.1) is 0 Å². The lowest BCUT2D eigenvalue weighted by atomic mass is 9.68. The van der Waals surface area contributed by atoms with E-state index in [2.05, 4.69) is 13.8 Å². The number of rotatable bonds is 7. The lowest BCUT2D eigenvalue weighted by Crippen LogP contribution is -2.30. The van der Waals surface area contributed by atoms with E-state index in [0.717, 1.165) is 49.4 Å². The van der Waals surface area contributed by atoms with E-state index < -0.39 is 0 Å². The molecule has 30 heavy (non-hydrogen) atoms. The molecule has 0 spiro atoms. The lowest BCUT2D eigenvalue weighted by molar-refractivity contribution is -0.140. The van der Waals surface area contributed by atoms with Gasteiger partial charge in [0, 0.05) is 6.92 Å². The highest BCUT2D eigenvalue weighted by Crippen LogP contribution is 2.43. The van der Waals surface area contributed by atoms with Gasteiger partial charge in [-0.05, 0) is 92.9 Å². The zero-order valence-corrected chi connectivity index (χ0v) is 18.9. The molecule has 4 nitrogen and oxygen atoms in total. The van der Waals surface area contributed by atoms with Crippen LogP contribution in [0.1, 0.15) is 85.0 Å². The number of hydrogen-bond donors (Lipinski definition) is 0. The van der Waals surface area contributed by atoms with Crippen LogP contribution in [0.25, 0.3) is 0 Å². The summed E-state index contributed by atoms with van der Waals surface area (Å²) in [4.78, 5) is 23.6. The maximum absolute atomic E-state index is 12.6. The molecule has 0 saturated heterocycles. The molecule has 2 aliphatic rings. The van der Waals surface area contributed by atoms with Gasteiger partial charge in [0.05, 0.1) is 5.92 Å². The van der Waals surface area contributed by atoms with E-state index in [1.54, 1.807) is 24.3 Å². The second-order valence-electron chi connectivity index (χ2n) is 9.63. The summed E-state index contributed by atoms with van der Waals surface area (Å²) in [6.07, 6.45) is 12.5. The second kappa shape index (κ2) is 11.0. The molecule has 1 aromatic rings. The van der Waals surface area contributed by atoms with Crippen molar-refractivity contribution < 1.29 is 19.1 Å². The fourth-order valence-corrected chi connectivity index (χ4v) is 5.40. The maximum Gasteiger partial charge on any atom is 0.314 e. The molecule has 0 N–H and O–H groups in total. The molecule has 0 aliphatic heterocycles. The van der Waals surface area contributed by atoms with Gasteiger partial charge in [0.2, 0.25) is 0 Å². The smallest absolute Gasteiger partial charge is 0.314 e. The lowest BCUT2D eigenvalue weighted by Gasteiger charge is -2.37. The number of esters is 2. The van der Waals surface area contributed by atoms with E-state index in [1.165, 1.54) is 45.4 Å². The van der Waals surface area contributed by atoms with Gasteiger partial charge in [0.25, 0.3) is 0 Å². The SMILES string of the molecule is CCC(C)CC1CCC(C2CCC(C(=O)Oc3ccc(OC(C)=O)cc3)CC2)CC1. The van der Waals surface area contributed by atoms with Gasteiger partial charge in [-0.1, -0.05) is 33.1 Å². The Morgan fingerprint density at radius 3 is 1.87 bits per heavy atom. The summed E-state index contributed by atoms with van der Waals surface area (Å²) in [7, 11) is 0. The van der Waals surface area contributed by atoms with Crippen LogP contribution < -0.4 is 9.47 Å². The molecular weight excluding hydrogens is 376 g/mol. The van der Waals surface area contributed by atoms with Gasteiger partial charge in [0.15, 0.2) is 0 Å². The fourth-order valence-electron chi connectivity index (χ4n) is 5.40. The molecule has 3 rings (SSSR count). The van der Waals surface area contributed by atoms with Crippen molar-refractivity contribution in [3.05, 3.63) is 24.3 Å². The van der Waals surface area contributed by atoms with Crippen LogP contribution in [0, 0.1) is 29.6 Å². The summed E-state index contributed by atoms with van der Waals surface area (Å²) in [6, 6.07) is 6.66. The Kier molecular flexibility index (Phi) is 8.35. The van der Waals surface area contributed by atoms with Crippen molar-refractivity contribution in [1.29, 1.82) is 0 Å². The Balaban J connectivity index is 1.40. The molecule has 4 heteroatoms. The van der Waals surface area contributed by atoms with Gasteiger partial charge in [-0.3, -0.25) is 9.59 Å². The molecule has 1 aromatic carbocycles. The molecule has 0 aromatic heterocycles. The van der Waals surface area contributed by atoms with E-state index in [9.17, 15) is 9.59 Å². The fraction of sp³-hybridized carbons (Fsp3) is 0.692. The van der Waals surface area contributed by atoms with Crippen LogP contribution >= 0.6 is 0 Å². The van der Waals surface area contributed by atoms with E-state index in [4.69, 9.17) is 9.47 Å². The van der Waals surface area contributed by atoms with Crippen LogP contribution in [0.2, 0.25) is 0 Å². The highest BCUT2D eigenvalue weighted by molar-refractivity contribution is 5.75. The number of carbonyl (C=O) groups excluding carboxylic acids is 2. The summed E-state index contributed by atoms with van der Waals surface area (Å²) in [6.45, 7) is 6.06. The van der Waals surface area contributed by atoms with Gasteiger partial charge in [0.1, 0.15) is 11.5 Å². The maximum atomic E-state index is 12.6. The van der Waals surface area contributed by atoms with Crippen LogP contribution in [0.15, 0.2) is 24.3 Å². The zero-order valence-electron chi connectivity index (χ0n) is 18.9. The molecule has 2 saturated carbocycles. The predicted octanol–water partition coefficient (Wildman–Crippen LogP) is 6.57. The minimum atomic E-state index is -0.361. The Morgan fingerprint density at radius 1 is 0.867 bits per heavy atom. The first-order chi connectivity index (χ1) is 14.4. The Morgan fingerprint density at radius 2 is 1.37 bits per heavy atom. The Labute approximate surface area is 181 Å². The molecule has 0 bridgehead atoms. The predicted molar refractivity (Wildman–Crippen MR) is 118 cm³/mol. The quantitative estimate of drug-likeness (QED) is 0.374. The Hall–Kier alpha value is -1.84. The standard InChI is InChI=1S/C26H38O4/c1-4-18(2)17-20-5-7-21(8-6-20)22-9-11-23(12-10-22)26(28)30-25-15-13-24(14-16-25)29-19(3)27/h13-16,18,20-23H,4-12,17H2,1-3H3. The minimum Gasteiger partial charge on any atom is -0.427 e. The normalized spacial score (nSPS) is 27.8. The molecule has 0 amide bonds. The summed E-state index contributed by atoms with van der Waals surface area (Å²) >= 11 is 0. The van der Waals surface area contributed by atoms with Crippen LogP contribution in [0.5, 0.6) is 11.5 Å². The van der Waals surface area contributed by atoms with Crippen molar-refractivity contribution in [1.82, 2.24) is 0 Å². The highest BCUT2D eigenvalue weighted by Gasteiger charge is 2.33. The summed E-state index contributed by atoms with van der Waals surface area (Å²) in [5.74, 6) is 3.97. The molecular formula is C26H38O4. The van der Waals surface area contributed by atoms with Crippen molar-refractivity contribution in [2.24, 2.45) is 29.6 Å². The average molecular weight is 415 g/mol. The van der Waals surface area contributed by atoms with Crippen LogP contribution in [0.4, 0.5) is 0 Å². The summed E-state index contributed by atoms with van der Waals surface area (Å²) in [5.41, 5.74) is 0. The van der Waals surface area contributed by atoms with Crippen molar-refractivity contribution in [2.75, 3.05) is 0 Å². The molecule has 0 heterocycles. The molecule has 1 atom stereocenters. The second-order valence-corrected chi connectivity index (χ2v) is 9.63. The number of benzene rings is 1. The highest BCUT2D eigenvalue weighted by atomic mass is 16.5. The summed E-state index contributed by atoms with van der Waals surface area (Å²) in [5, 5.41) is 0. The first-order valence-corrected chi connectivity index (χ1v) is 11.9. The van der Waals surface area contributed by atoms with Crippen molar-refractivity contribution in [3.8, 4) is 11.5 Å².